The van der Waals surface area contributed by atoms with Crippen molar-refractivity contribution in [1.29, 1.82) is 0 Å². The first kappa shape index (κ1) is 23.2. The van der Waals surface area contributed by atoms with Gasteiger partial charge in [-0.05, 0) is 30.5 Å². The van der Waals surface area contributed by atoms with Crippen LogP contribution in [0, 0.1) is 5.92 Å². The van der Waals surface area contributed by atoms with Crippen LogP contribution in [0.1, 0.15) is 41.7 Å². The van der Waals surface area contributed by atoms with E-state index in [1.165, 1.54) is 18.6 Å². The zero-order valence-corrected chi connectivity index (χ0v) is 18.4. The highest BCUT2D eigenvalue weighted by Gasteiger charge is 2.28. The number of nitrogens with zero attached hydrogens (tertiary/aromatic N) is 3. The van der Waals surface area contributed by atoms with Gasteiger partial charge in [-0.15, -0.1) is 0 Å². The van der Waals surface area contributed by atoms with Gasteiger partial charge in [0.2, 0.25) is 11.8 Å². The molecule has 2 atom stereocenters. The molecule has 1 aliphatic rings. The van der Waals surface area contributed by atoms with Crippen molar-refractivity contribution in [3.05, 3.63) is 54.1 Å². The molecule has 0 radical (unpaired) electrons. The van der Waals surface area contributed by atoms with E-state index in [0.29, 0.717) is 32.4 Å². The van der Waals surface area contributed by atoms with Gasteiger partial charge in [-0.3, -0.25) is 19.4 Å². The van der Waals surface area contributed by atoms with Crippen molar-refractivity contribution in [3.63, 3.8) is 0 Å². The molecule has 3 rings (SSSR count). The zero-order valence-electron chi connectivity index (χ0n) is 18.4. The van der Waals surface area contributed by atoms with E-state index >= 15 is 0 Å². The Morgan fingerprint density at radius 3 is 2.66 bits per heavy atom. The maximum Gasteiger partial charge on any atom is 0.271 e. The summed E-state index contributed by atoms with van der Waals surface area (Å²) in [6, 6.07) is 7.25. The lowest BCUT2D eigenvalue weighted by Gasteiger charge is -2.24. The molecule has 0 spiro atoms. The van der Waals surface area contributed by atoms with Crippen LogP contribution in [0.25, 0.3) is 0 Å². The quantitative estimate of drug-likeness (QED) is 0.706. The number of hydrogen-bond donors (Lipinski definition) is 2. The number of ether oxygens (including phenoxy) is 1. The Balaban J connectivity index is 1.56. The molecule has 0 unspecified atom stereocenters. The molecule has 1 saturated heterocycles. The van der Waals surface area contributed by atoms with Crippen molar-refractivity contribution in [2.45, 2.75) is 38.3 Å². The van der Waals surface area contributed by atoms with E-state index < -0.39 is 5.92 Å². The molecular weight excluding hydrogens is 410 g/mol. The van der Waals surface area contributed by atoms with Crippen LogP contribution in [-0.2, 0) is 16.1 Å². The van der Waals surface area contributed by atoms with E-state index in [1.54, 1.807) is 19.1 Å². The van der Waals surface area contributed by atoms with Crippen molar-refractivity contribution in [2.75, 3.05) is 20.7 Å². The monoisotopic (exact) mass is 439 g/mol. The highest BCUT2D eigenvalue weighted by molar-refractivity contribution is 5.92. The third-order valence-corrected chi connectivity index (χ3v) is 5.57. The molecule has 0 aliphatic carbocycles. The fraction of sp³-hybridized carbons (Fsp3) is 0.435. The first-order chi connectivity index (χ1) is 15.5. The molecule has 32 heavy (non-hydrogen) atoms. The molecule has 0 saturated carbocycles. The highest BCUT2D eigenvalue weighted by Crippen LogP contribution is 2.19. The summed E-state index contributed by atoms with van der Waals surface area (Å²) in [5.41, 5.74) is 1.19. The van der Waals surface area contributed by atoms with E-state index in [2.05, 4.69) is 20.6 Å². The minimum Gasteiger partial charge on any atom is -0.497 e. The Labute approximate surface area is 187 Å². The minimum atomic E-state index is -0.405. The largest absolute Gasteiger partial charge is 0.497 e. The number of benzene rings is 1. The third kappa shape index (κ3) is 6.50. The SMILES string of the molecule is COc1ccc(CNC(=O)[C@@H]2CCC[C@@H](NC(=O)c3cnccn3)CN(C)C(=O)C2)cc1. The molecule has 0 bridgehead atoms. The van der Waals surface area contributed by atoms with E-state index in [4.69, 9.17) is 4.74 Å². The summed E-state index contributed by atoms with van der Waals surface area (Å²) in [6.07, 6.45) is 6.47. The summed E-state index contributed by atoms with van der Waals surface area (Å²) in [6.45, 7) is 0.769. The predicted octanol–water partition coefficient (Wildman–Crippen LogP) is 1.55. The molecule has 2 heterocycles. The van der Waals surface area contributed by atoms with Gasteiger partial charge >= 0.3 is 0 Å². The lowest BCUT2D eigenvalue weighted by Crippen LogP contribution is -2.44. The van der Waals surface area contributed by atoms with Crippen molar-refractivity contribution < 1.29 is 19.1 Å². The molecular formula is C23H29N5O4. The van der Waals surface area contributed by atoms with Gasteiger partial charge in [-0.2, -0.15) is 0 Å². The summed E-state index contributed by atoms with van der Waals surface area (Å²) in [5.74, 6) is -0.222. The molecule has 2 N–H and O–H groups in total. The van der Waals surface area contributed by atoms with E-state index in [-0.39, 0.29) is 35.9 Å². The molecule has 9 heteroatoms. The average Bonchev–Trinajstić information content (AvgIpc) is 2.88. The topological polar surface area (TPSA) is 114 Å². The fourth-order valence-electron chi connectivity index (χ4n) is 3.70. The second-order valence-electron chi connectivity index (χ2n) is 7.93. The fourth-order valence-corrected chi connectivity index (χ4v) is 3.70. The molecule has 2 aromatic rings. The Hall–Kier alpha value is -3.49. The second-order valence-corrected chi connectivity index (χ2v) is 7.93. The number of likely N-dealkylation sites (N-methyl/N-ethyl adjacent to an activating group) is 1. The van der Waals surface area contributed by atoms with Gasteiger partial charge in [0.25, 0.3) is 5.91 Å². The molecule has 9 nitrogen and oxygen atoms in total. The van der Waals surface area contributed by atoms with Crippen LogP contribution in [0.5, 0.6) is 5.75 Å². The maximum atomic E-state index is 12.8. The molecule has 1 fully saturated rings. The van der Waals surface area contributed by atoms with Crippen LogP contribution in [0.4, 0.5) is 0 Å². The highest BCUT2D eigenvalue weighted by atomic mass is 16.5. The summed E-state index contributed by atoms with van der Waals surface area (Å²) in [4.78, 5) is 47.4. The van der Waals surface area contributed by atoms with Gasteiger partial charge in [0.15, 0.2) is 0 Å². The van der Waals surface area contributed by atoms with Crippen LogP contribution in [-0.4, -0.2) is 59.3 Å². The van der Waals surface area contributed by atoms with E-state index in [9.17, 15) is 14.4 Å². The lowest BCUT2D eigenvalue weighted by molar-refractivity contribution is -0.135. The molecule has 3 amide bonds. The van der Waals surface area contributed by atoms with Crippen molar-refractivity contribution in [3.8, 4) is 5.75 Å². The van der Waals surface area contributed by atoms with Crippen LogP contribution in [0.2, 0.25) is 0 Å². The van der Waals surface area contributed by atoms with Gasteiger partial charge in [0.05, 0.1) is 13.3 Å². The van der Waals surface area contributed by atoms with E-state index in [1.807, 2.05) is 24.3 Å². The summed E-state index contributed by atoms with van der Waals surface area (Å²) < 4.78 is 5.14. The van der Waals surface area contributed by atoms with Crippen LogP contribution in [0.3, 0.4) is 0 Å². The normalized spacial score (nSPS) is 19.3. The van der Waals surface area contributed by atoms with Gasteiger partial charge in [-0.25, -0.2) is 4.98 Å². The van der Waals surface area contributed by atoms with Gasteiger partial charge in [0, 0.05) is 50.9 Å². The maximum absolute atomic E-state index is 12.8. The van der Waals surface area contributed by atoms with Gasteiger partial charge < -0.3 is 20.3 Å². The summed E-state index contributed by atoms with van der Waals surface area (Å²) in [7, 11) is 3.30. The van der Waals surface area contributed by atoms with Gasteiger partial charge in [0.1, 0.15) is 11.4 Å². The lowest BCUT2D eigenvalue weighted by atomic mass is 9.96. The van der Waals surface area contributed by atoms with Crippen LogP contribution < -0.4 is 15.4 Å². The number of aromatic nitrogens is 2. The summed E-state index contributed by atoms with van der Waals surface area (Å²) >= 11 is 0. The molecule has 170 valence electrons. The van der Waals surface area contributed by atoms with E-state index in [0.717, 1.165) is 11.3 Å². The van der Waals surface area contributed by atoms with Crippen molar-refractivity contribution >= 4 is 17.7 Å². The number of nitrogens with one attached hydrogen (secondary N) is 2. The minimum absolute atomic E-state index is 0.116. The average molecular weight is 440 g/mol. The number of rotatable bonds is 6. The second kappa shape index (κ2) is 11.2. The van der Waals surface area contributed by atoms with Crippen LogP contribution >= 0.6 is 0 Å². The number of carbonyl (C=O) groups excluding carboxylic acids is 3. The first-order valence-electron chi connectivity index (χ1n) is 10.7. The smallest absolute Gasteiger partial charge is 0.271 e. The zero-order chi connectivity index (χ0) is 22.9. The molecule has 1 aromatic carbocycles. The van der Waals surface area contributed by atoms with Gasteiger partial charge in [-0.1, -0.05) is 18.6 Å². The van der Waals surface area contributed by atoms with Crippen molar-refractivity contribution in [2.24, 2.45) is 5.92 Å². The number of methoxy groups -OCH3 is 1. The Morgan fingerprint density at radius 1 is 1.19 bits per heavy atom. The number of carbonyl (C=O) groups is 3. The standard InChI is InChI=1S/C23H29N5O4/c1-28-15-18(27-23(31)20-14-24-10-11-25-20)5-3-4-17(12-21(28)29)22(30)26-13-16-6-8-19(32-2)9-7-16/h6-11,14,17-18H,3-5,12-13,15H2,1-2H3,(H,26,30)(H,27,31)/t17-,18-/m1/s1. The number of amides is 3. The Kier molecular flexibility index (Phi) is 8.13. The molecule has 1 aliphatic heterocycles. The van der Waals surface area contributed by atoms with Crippen LogP contribution in [0.15, 0.2) is 42.9 Å². The Bertz CT molecular complexity index is 920. The third-order valence-electron chi connectivity index (χ3n) is 5.57. The predicted molar refractivity (Wildman–Crippen MR) is 118 cm³/mol. The number of hydrogen-bond acceptors (Lipinski definition) is 6. The summed E-state index contributed by atoms with van der Waals surface area (Å²) in [5, 5.41) is 5.88. The van der Waals surface area contributed by atoms with Crippen molar-refractivity contribution in [1.82, 2.24) is 25.5 Å². The Morgan fingerprint density at radius 2 is 1.97 bits per heavy atom. The first-order valence-corrected chi connectivity index (χ1v) is 10.7. The molecule has 1 aromatic heterocycles.